The van der Waals surface area contributed by atoms with Gasteiger partial charge in [0.1, 0.15) is 0 Å². The molecular formula is C11H15Br2NO. The average Bonchev–Trinajstić information content (AvgIpc) is 2.23. The van der Waals surface area contributed by atoms with Crippen LogP contribution in [-0.2, 0) is 6.54 Å². The molecule has 0 aliphatic rings. The lowest BCUT2D eigenvalue weighted by Gasteiger charge is -2.09. The first-order chi connectivity index (χ1) is 7.13. The van der Waals surface area contributed by atoms with Crippen molar-refractivity contribution in [2.75, 3.05) is 6.54 Å². The van der Waals surface area contributed by atoms with Gasteiger partial charge < -0.3 is 10.4 Å². The Bertz CT molecular complexity index is 317. The van der Waals surface area contributed by atoms with E-state index in [0.29, 0.717) is 6.54 Å². The van der Waals surface area contributed by atoms with Crippen molar-refractivity contribution >= 4 is 31.9 Å². The first kappa shape index (κ1) is 13.2. The molecule has 0 radical (unpaired) electrons. The fourth-order valence-corrected chi connectivity index (χ4v) is 1.85. The van der Waals surface area contributed by atoms with Crippen LogP contribution in [0.4, 0.5) is 0 Å². The summed E-state index contributed by atoms with van der Waals surface area (Å²) >= 11 is 6.88. The highest BCUT2D eigenvalue weighted by atomic mass is 79.9. The minimum atomic E-state index is -0.246. The molecular weight excluding hydrogens is 322 g/mol. The van der Waals surface area contributed by atoms with Crippen LogP contribution in [-0.4, -0.2) is 17.8 Å². The fraction of sp³-hybridized carbons (Fsp3) is 0.455. The zero-order valence-electron chi connectivity index (χ0n) is 8.63. The number of rotatable bonds is 5. The van der Waals surface area contributed by atoms with Crippen molar-refractivity contribution < 1.29 is 5.11 Å². The van der Waals surface area contributed by atoms with Crippen LogP contribution in [0, 0.1) is 0 Å². The third-order valence-corrected chi connectivity index (χ3v) is 4.04. The lowest BCUT2D eigenvalue weighted by Crippen LogP contribution is -2.25. The molecule has 15 heavy (non-hydrogen) atoms. The quantitative estimate of drug-likeness (QED) is 0.866. The highest BCUT2D eigenvalue weighted by Crippen LogP contribution is 2.23. The smallest absolute Gasteiger partial charge is 0.0662 e. The summed E-state index contributed by atoms with van der Waals surface area (Å²) in [6.45, 7) is 3.40. The predicted octanol–water partition coefficient (Wildman–Crippen LogP) is 3.07. The first-order valence-electron chi connectivity index (χ1n) is 4.96. The van der Waals surface area contributed by atoms with Crippen LogP contribution in [0.15, 0.2) is 27.1 Å². The molecule has 0 spiro atoms. The highest BCUT2D eigenvalue weighted by Gasteiger charge is 2.01. The number of hydrogen-bond donors (Lipinski definition) is 2. The number of aliphatic hydroxyl groups excluding tert-OH is 1. The Morgan fingerprint density at radius 1 is 1.33 bits per heavy atom. The molecule has 1 atom stereocenters. The molecule has 0 heterocycles. The standard InChI is InChI=1S/C11H15Br2NO/c1-2-9(15)7-14-6-8-3-4-10(12)11(13)5-8/h3-5,9,14-15H,2,6-7H2,1H3. The largest absolute Gasteiger partial charge is 0.392 e. The number of aliphatic hydroxyl groups is 1. The van der Waals surface area contributed by atoms with Gasteiger partial charge in [-0.2, -0.15) is 0 Å². The summed E-state index contributed by atoms with van der Waals surface area (Å²) in [5, 5.41) is 12.6. The second kappa shape index (κ2) is 6.63. The molecule has 0 amide bonds. The summed E-state index contributed by atoms with van der Waals surface area (Å²) in [5.41, 5.74) is 1.20. The molecule has 0 aliphatic carbocycles. The van der Waals surface area contributed by atoms with Crippen LogP contribution in [0.1, 0.15) is 18.9 Å². The maximum absolute atomic E-state index is 9.36. The molecule has 1 rings (SSSR count). The van der Waals surface area contributed by atoms with E-state index < -0.39 is 0 Å². The van der Waals surface area contributed by atoms with Gasteiger partial charge in [-0.1, -0.05) is 13.0 Å². The Morgan fingerprint density at radius 3 is 2.67 bits per heavy atom. The molecule has 2 nitrogen and oxygen atoms in total. The number of nitrogens with one attached hydrogen (secondary N) is 1. The van der Waals surface area contributed by atoms with Crippen LogP contribution in [0.5, 0.6) is 0 Å². The zero-order valence-corrected chi connectivity index (χ0v) is 11.8. The van der Waals surface area contributed by atoms with Gasteiger partial charge >= 0.3 is 0 Å². The van der Waals surface area contributed by atoms with Crippen LogP contribution in [0.2, 0.25) is 0 Å². The summed E-state index contributed by atoms with van der Waals surface area (Å²) in [4.78, 5) is 0. The Hall–Kier alpha value is 0.1000. The summed E-state index contributed by atoms with van der Waals surface area (Å²) in [6, 6.07) is 6.13. The van der Waals surface area contributed by atoms with Crippen molar-refractivity contribution in [1.82, 2.24) is 5.32 Å². The van der Waals surface area contributed by atoms with E-state index in [1.165, 1.54) is 5.56 Å². The first-order valence-corrected chi connectivity index (χ1v) is 6.54. The van der Waals surface area contributed by atoms with E-state index in [-0.39, 0.29) is 6.10 Å². The maximum atomic E-state index is 9.36. The molecule has 0 aromatic heterocycles. The van der Waals surface area contributed by atoms with E-state index in [1.807, 2.05) is 13.0 Å². The molecule has 1 aromatic carbocycles. The summed E-state index contributed by atoms with van der Waals surface area (Å²) in [6.07, 6.45) is 0.542. The Balaban J connectivity index is 2.41. The van der Waals surface area contributed by atoms with Crippen LogP contribution in [0.3, 0.4) is 0 Å². The van der Waals surface area contributed by atoms with Gasteiger partial charge in [-0.25, -0.2) is 0 Å². The van der Waals surface area contributed by atoms with Crippen molar-refractivity contribution in [2.45, 2.75) is 26.0 Å². The minimum Gasteiger partial charge on any atom is -0.392 e. The Kier molecular flexibility index (Phi) is 5.82. The molecule has 84 valence electrons. The van der Waals surface area contributed by atoms with Gasteiger partial charge in [-0.15, -0.1) is 0 Å². The van der Waals surface area contributed by atoms with Gasteiger partial charge in [0.25, 0.3) is 0 Å². The monoisotopic (exact) mass is 335 g/mol. The van der Waals surface area contributed by atoms with E-state index in [2.05, 4.69) is 49.3 Å². The summed E-state index contributed by atoms with van der Waals surface area (Å²) in [7, 11) is 0. The second-order valence-electron chi connectivity index (χ2n) is 3.44. The Labute approximate surface area is 107 Å². The third kappa shape index (κ3) is 4.64. The van der Waals surface area contributed by atoms with Gasteiger partial charge in [0, 0.05) is 22.0 Å². The van der Waals surface area contributed by atoms with Crippen molar-refractivity contribution in [3.8, 4) is 0 Å². The van der Waals surface area contributed by atoms with Crippen molar-refractivity contribution in [3.05, 3.63) is 32.7 Å². The fourth-order valence-electron chi connectivity index (χ4n) is 1.18. The minimum absolute atomic E-state index is 0.246. The molecule has 0 saturated carbocycles. The van der Waals surface area contributed by atoms with Crippen molar-refractivity contribution in [1.29, 1.82) is 0 Å². The molecule has 0 fully saturated rings. The Morgan fingerprint density at radius 2 is 2.07 bits per heavy atom. The van der Waals surface area contributed by atoms with Gasteiger partial charge in [0.05, 0.1) is 6.10 Å². The summed E-state index contributed by atoms with van der Waals surface area (Å²) < 4.78 is 2.11. The normalized spacial score (nSPS) is 12.8. The van der Waals surface area contributed by atoms with Gasteiger partial charge in [0.15, 0.2) is 0 Å². The molecule has 0 bridgehead atoms. The van der Waals surface area contributed by atoms with Gasteiger partial charge in [0.2, 0.25) is 0 Å². The lowest BCUT2D eigenvalue weighted by molar-refractivity contribution is 0.167. The molecule has 0 aliphatic heterocycles. The summed E-state index contributed by atoms with van der Waals surface area (Å²) in [5.74, 6) is 0. The number of hydrogen-bond acceptors (Lipinski definition) is 2. The SMILES string of the molecule is CCC(O)CNCc1ccc(Br)c(Br)c1. The second-order valence-corrected chi connectivity index (χ2v) is 5.15. The van der Waals surface area contributed by atoms with Crippen molar-refractivity contribution in [2.24, 2.45) is 0 Å². The van der Waals surface area contributed by atoms with Gasteiger partial charge in [-0.05, 0) is 56.0 Å². The zero-order chi connectivity index (χ0) is 11.3. The van der Waals surface area contributed by atoms with Crippen LogP contribution < -0.4 is 5.32 Å². The van der Waals surface area contributed by atoms with E-state index >= 15 is 0 Å². The van der Waals surface area contributed by atoms with Gasteiger partial charge in [-0.3, -0.25) is 0 Å². The maximum Gasteiger partial charge on any atom is 0.0662 e. The number of benzene rings is 1. The average molecular weight is 337 g/mol. The predicted molar refractivity (Wildman–Crippen MR) is 69.8 cm³/mol. The van der Waals surface area contributed by atoms with E-state index in [9.17, 15) is 5.11 Å². The lowest BCUT2D eigenvalue weighted by atomic mass is 10.2. The number of halogens is 2. The van der Waals surface area contributed by atoms with Crippen molar-refractivity contribution in [3.63, 3.8) is 0 Å². The molecule has 2 N–H and O–H groups in total. The van der Waals surface area contributed by atoms with Crippen LogP contribution >= 0.6 is 31.9 Å². The van der Waals surface area contributed by atoms with E-state index in [1.54, 1.807) is 0 Å². The van der Waals surface area contributed by atoms with E-state index in [4.69, 9.17) is 0 Å². The molecule has 0 saturated heterocycles. The molecule has 4 heteroatoms. The van der Waals surface area contributed by atoms with Crippen LogP contribution in [0.25, 0.3) is 0 Å². The molecule has 1 unspecified atom stereocenters. The highest BCUT2D eigenvalue weighted by molar-refractivity contribution is 9.13. The molecule has 1 aromatic rings. The third-order valence-electron chi connectivity index (χ3n) is 2.16. The topological polar surface area (TPSA) is 32.3 Å². The van der Waals surface area contributed by atoms with E-state index in [0.717, 1.165) is 21.9 Å².